The number of hydrogen-bond donors (Lipinski definition) is 2. The molecule has 0 bridgehead atoms. The van der Waals surface area contributed by atoms with Crippen LogP contribution < -0.4 is 14.8 Å². The van der Waals surface area contributed by atoms with Crippen molar-refractivity contribution in [1.82, 2.24) is 0 Å². The van der Waals surface area contributed by atoms with E-state index in [-0.39, 0.29) is 11.3 Å². The molecular weight excluding hydrogens is 344 g/mol. The Kier molecular flexibility index (Phi) is 7.26. The molecule has 0 aromatic heterocycles. The first-order chi connectivity index (χ1) is 13.1. The highest BCUT2D eigenvalue weighted by molar-refractivity contribution is 6.09. The predicted octanol–water partition coefficient (Wildman–Crippen LogP) is 4.13. The third-order valence-corrected chi connectivity index (χ3v) is 3.72. The fourth-order valence-electron chi connectivity index (χ4n) is 2.32. The van der Waals surface area contributed by atoms with Gasteiger partial charge in [0.25, 0.3) is 5.91 Å². The zero-order valence-electron chi connectivity index (χ0n) is 15.4. The zero-order valence-corrected chi connectivity index (χ0v) is 15.4. The molecule has 27 heavy (non-hydrogen) atoms. The van der Waals surface area contributed by atoms with E-state index in [9.17, 15) is 15.2 Å². The Morgan fingerprint density at radius 3 is 2.74 bits per heavy atom. The van der Waals surface area contributed by atoms with E-state index in [4.69, 9.17) is 9.47 Å². The maximum atomic E-state index is 12.3. The number of hydrogen-bond acceptors (Lipinski definition) is 5. The molecule has 140 valence electrons. The number of carbonyl (C=O) groups excluding carboxylic acids is 1. The van der Waals surface area contributed by atoms with Crippen LogP contribution in [0.3, 0.4) is 0 Å². The average Bonchev–Trinajstić information content (AvgIpc) is 2.66. The van der Waals surface area contributed by atoms with Gasteiger partial charge in [-0.2, -0.15) is 5.26 Å². The lowest BCUT2D eigenvalue weighted by Crippen LogP contribution is -2.13. The second-order valence-electron chi connectivity index (χ2n) is 5.79. The normalized spacial score (nSPS) is 10.8. The molecule has 2 rings (SSSR count). The van der Waals surface area contributed by atoms with Crippen molar-refractivity contribution in [3.63, 3.8) is 0 Å². The fraction of sp³-hybridized carbons (Fsp3) is 0.238. The molecule has 0 saturated carbocycles. The van der Waals surface area contributed by atoms with E-state index in [2.05, 4.69) is 12.2 Å². The number of aromatic hydroxyl groups is 1. The molecule has 0 atom stereocenters. The van der Waals surface area contributed by atoms with Gasteiger partial charge in [-0.05, 0) is 42.3 Å². The minimum absolute atomic E-state index is 0.0266. The van der Waals surface area contributed by atoms with Crippen LogP contribution in [0.15, 0.2) is 48.0 Å². The van der Waals surface area contributed by atoms with Crippen LogP contribution in [0.5, 0.6) is 17.2 Å². The lowest BCUT2D eigenvalue weighted by Gasteiger charge is -2.11. The van der Waals surface area contributed by atoms with Gasteiger partial charge in [0, 0.05) is 11.8 Å². The van der Waals surface area contributed by atoms with Crippen LogP contribution in [0.1, 0.15) is 25.3 Å². The van der Waals surface area contributed by atoms with Gasteiger partial charge in [0.05, 0.1) is 13.7 Å². The van der Waals surface area contributed by atoms with Crippen molar-refractivity contribution >= 4 is 17.7 Å². The number of nitrogens with zero attached hydrogens (tertiary/aromatic N) is 1. The standard InChI is InChI=1S/C21H22N2O4/c1-3-4-10-27-19-9-8-15(12-20(19)26-2)11-16(14-22)21(25)23-17-6-5-7-18(24)13-17/h5-9,11-13,24H,3-4,10H2,1-2H3,(H,23,25). The number of phenolic OH excluding ortho intramolecular Hbond substituents is 1. The summed E-state index contributed by atoms with van der Waals surface area (Å²) in [5, 5.41) is 21.4. The molecule has 0 heterocycles. The quantitative estimate of drug-likeness (QED) is 0.416. The second-order valence-corrected chi connectivity index (χ2v) is 5.79. The third kappa shape index (κ3) is 5.79. The predicted molar refractivity (Wildman–Crippen MR) is 104 cm³/mol. The molecule has 0 fully saturated rings. The summed E-state index contributed by atoms with van der Waals surface area (Å²) < 4.78 is 11.0. The van der Waals surface area contributed by atoms with Crippen LogP contribution in [0, 0.1) is 11.3 Å². The number of amides is 1. The van der Waals surface area contributed by atoms with E-state index in [1.165, 1.54) is 25.3 Å². The third-order valence-electron chi connectivity index (χ3n) is 3.72. The van der Waals surface area contributed by atoms with Gasteiger partial charge < -0.3 is 19.9 Å². The molecular formula is C21H22N2O4. The van der Waals surface area contributed by atoms with Crippen LogP contribution in [0.25, 0.3) is 6.08 Å². The molecule has 0 aliphatic carbocycles. The summed E-state index contributed by atoms with van der Waals surface area (Å²) >= 11 is 0. The minimum Gasteiger partial charge on any atom is -0.508 e. The van der Waals surface area contributed by atoms with Gasteiger partial charge in [0.15, 0.2) is 11.5 Å². The molecule has 0 aliphatic rings. The smallest absolute Gasteiger partial charge is 0.266 e. The molecule has 0 saturated heterocycles. The molecule has 2 aromatic rings. The van der Waals surface area contributed by atoms with Crippen molar-refractivity contribution in [3.8, 4) is 23.3 Å². The lowest BCUT2D eigenvalue weighted by atomic mass is 10.1. The summed E-state index contributed by atoms with van der Waals surface area (Å²) in [6.07, 6.45) is 3.44. The van der Waals surface area contributed by atoms with Crippen molar-refractivity contribution < 1.29 is 19.4 Å². The van der Waals surface area contributed by atoms with Crippen molar-refractivity contribution in [1.29, 1.82) is 5.26 Å². The number of methoxy groups -OCH3 is 1. The van der Waals surface area contributed by atoms with Crippen molar-refractivity contribution in [2.45, 2.75) is 19.8 Å². The molecule has 2 N–H and O–H groups in total. The maximum absolute atomic E-state index is 12.3. The molecule has 0 spiro atoms. The number of unbranched alkanes of at least 4 members (excludes halogenated alkanes) is 1. The van der Waals surface area contributed by atoms with E-state index in [1.54, 1.807) is 30.3 Å². The van der Waals surface area contributed by atoms with Crippen molar-refractivity contribution in [2.24, 2.45) is 0 Å². The van der Waals surface area contributed by atoms with Gasteiger partial charge in [-0.3, -0.25) is 4.79 Å². The van der Waals surface area contributed by atoms with Gasteiger partial charge >= 0.3 is 0 Å². The van der Waals surface area contributed by atoms with Gasteiger partial charge in [-0.25, -0.2) is 0 Å². The van der Waals surface area contributed by atoms with Gasteiger partial charge in [0.1, 0.15) is 17.4 Å². The Morgan fingerprint density at radius 2 is 2.07 bits per heavy atom. The Labute approximate surface area is 158 Å². The van der Waals surface area contributed by atoms with E-state index < -0.39 is 5.91 Å². The first-order valence-corrected chi connectivity index (χ1v) is 8.60. The highest BCUT2D eigenvalue weighted by Crippen LogP contribution is 2.29. The molecule has 6 heteroatoms. The van der Waals surface area contributed by atoms with Crippen LogP contribution in [0.4, 0.5) is 5.69 Å². The second kappa shape index (κ2) is 9.88. The first-order valence-electron chi connectivity index (χ1n) is 8.60. The number of nitrogens with one attached hydrogen (secondary N) is 1. The number of nitriles is 1. The Balaban J connectivity index is 2.18. The van der Waals surface area contributed by atoms with Gasteiger partial charge in [0.2, 0.25) is 0 Å². The number of benzene rings is 2. The summed E-state index contributed by atoms with van der Waals surface area (Å²) in [5.74, 6) is 0.611. The summed E-state index contributed by atoms with van der Waals surface area (Å²) in [7, 11) is 1.54. The molecule has 0 radical (unpaired) electrons. The topological polar surface area (TPSA) is 91.6 Å². The maximum Gasteiger partial charge on any atom is 0.266 e. The molecule has 0 unspecified atom stereocenters. The Bertz CT molecular complexity index is 869. The summed E-state index contributed by atoms with van der Waals surface area (Å²) in [5.41, 5.74) is 0.968. The van der Waals surface area contributed by atoms with Crippen LogP contribution in [-0.2, 0) is 4.79 Å². The molecule has 0 aliphatic heterocycles. The van der Waals surface area contributed by atoms with Crippen LogP contribution in [-0.4, -0.2) is 24.7 Å². The fourth-order valence-corrected chi connectivity index (χ4v) is 2.32. The highest BCUT2D eigenvalue weighted by atomic mass is 16.5. The van der Waals surface area contributed by atoms with Crippen LogP contribution >= 0.6 is 0 Å². The zero-order chi connectivity index (χ0) is 19.6. The monoisotopic (exact) mass is 366 g/mol. The first kappa shape index (κ1) is 19.9. The minimum atomic E-state index is -0.565. The van der Waals surface area contributed by atoms with Crippen molar-refractivity contribution in [3.05, 3.63) is 53.6 Å². The largest absolute Gasteiger partial charge is 0.508 e. The van der Waals surface area contributed by atoms with Crippen LogP contribution in [0.2, 0.25) is 0 Å². The van der Waals surface area contributed by atoms with Gasteiger partial charge in [-0.1, -0.05) is 25.5 Å². The number of anilines is 1. The SMILES string of the molecule is CCCCOc1ccc(C=C(C#N)C(=O)Nc2cccc(O)c2)cc1OC. The highest BCUT2D eigenvalue weighted by Gasteiger charge is 2.11. The summed E-state index contributed by atoms with van der Waals surface area (Å²) in [6.45, 7) is 2.68. The van der Waals surface area contributed by atoms with E-state index in [0.29, 0.717) is 29.4 Å². The number of rotatable bonds is 8. The van der Waals surface area contributed by atoms with Gasteiger partial charge in [-0.15, -0.1) is 0 Å². The average molecular weight is 366 g/mol. The number of phenols is 1. The Hall–Kier alpha value is -3.46. The Morgan fingerprint density at radius 1 is 1.26 bits per heavy atom. The van der Waals surface area contributed by atoms with E-state index >= 15 is 0 Å². The van der Waals surface area contributed by atoms with Crippen molar-refractivity contribution in [2.75, 3.05) is 19.0 Å². The summed E-state index contributed by atoms with van der Waals surface area (Å²) in [6, 6.07) is 13.2. The van der Waals surface area contributed by atoms with E-state index in [1.807, 2.05) is 6.07 Å². The summed E-state index contributed by atoms with van der Waals surface area (Å²) in [4.78, 5) is 12.3. The van der Waals surface area contributed by atoms with E-state index in [0.717, 1.165) is 12.8 Å². The molecule has 6 nitrogen and oxygen atoms in total. The number of carbonyl (C=O) groups is 1. The molecule has 1 amide bonds. The number of ether oxygens (including phenoxy) is 2. The molecule has 2 aromatic carbocycles. The lowest BCUT2D eigenvalue weighted by molar-refractivity contribution is -0.112.